The van der Waals surface area contributed by atoms with Crippen molar-refractivity contribution in [2.45, 2.75) is 5.03 Å². The van der Waals surface area contributed by atoms with Crippen molar-refractivity contribution in [3.63, 3.8) is 0 Å². The molecule has 0 spiro atoms. The van der Waals surface area contributed by atoms with Crippen molar-refractivity contribution in [2.24, 2.45) is 0 Å². The molecule has 2 heterocycles. The normalized spacial score (nSPS) is 10.6. The number of rotatable bonds is 5. The topological polar surface area (TPSA) is 60.7 Å². The molecule has 0 radical (unpaired) electrons. The Labute approximate surface area is 136 Å². The first-order valence-corrected chi connectivity index (χ1v) is 7.84. The fraction of sp³-hybridized carbons (Fsp3) is 0.0667. The molecule has 0 unspecified atom stereocenters. The average molecular weight is 331 g/mol. The van der Waals surface area contributed by atoms with Gasteiger partial charge in [0.15, 0.2) is 11.6 Å². The molecule has 0 saturated heterocycles. The highest BCUT2D eigenvalue weighted by Gasteiger charge is 2.08. The third kappa shape index (κ3) is 3.52. The predicted molar refractivity (Wildman–Crippen MR) is 85.7 cm³/mol. The van der Waals surface area contributed by atoms with Crippen molar-refractivity contribution in [1.29, 1.82) is 0 Å². The smallest absolute Gasteiger partial charge is 0.175 e. The lowest BCUT2D eigenvalue weighted by atomic mass is 10.1. The number of Topliss-reactive ketones (excluding diaryl/α,β-unsaturated/α-hetero) is 1. The van der Waals surface area contributed by atoms with Crippen LogP contribution in [0.3, 0.4) is 0 Å². The van der Waals surface area contributed by atoms with Crippen LogP contribution in [0.4, 0.5) is 0 Å². The molecule has 0 aliphatic rings. The van der Waals surface area contributed by atoms with Crippen LogP contribution in [0.15, 0.2) is 59.9 Å². The van der Waals surface area contributed by atoms with E-state index in [4.69, 9.17) is 11.6 Å². The van der Waals surface area contributed by atoms with Crippen molar-refractivity contribution >= 4 is 29.1 Å². The third-order valence-electron chi connectivity index (χ3n) is 2.88. The fourth-order valence-electron chi connectivity index (χ4n) is 1.78. The molecule has 0 fully saturated rings. The van der Waals surface area contributed by atoms with Gasteiger partial charge in [-0.1, -0.05) is 23.4 Å². The lowest BCUT2D eigenvalue weighted by Gasteiger charge is -2.02. The molecule has 110 valence electrons. The van der Waals surface area contributed by atoms with Gasteiger partial charge in [0.2, 0.25) is 0 Å². The molecule has 0 N–H and O–H groups in total. The first-order chi connectivity index (χ1) is 10.7. The van der Waals surface area contributed by atoms with Gasteiger partial charge in [-0.15, -0.1) is 10.2 Å². The number of benzene rings is 1. The maximum atomic E-state index is 12.1. The summed E-state index contributed by atoms with van der Waals surface area (Å²) in [4.78, 5) is 12.1. The lowest BCUT2D eigenvalue weighted by molar-refractivity contribution is 0.102. The van der Waals surface area contributed by atoms with Crippen LogP contribution in [0.5, 0.6) is 0 Å². The summed E-state index contributed by atoms with van der Waals surface area (Å²) >= 11 is 7.15. The van der Waals surface area contributed by atoms with E-state index in [1.807, 2.05) is 18.2 Å². The van der Waals surface area contributed by atoms with Gasteiger partial charge in [0.05, 0.1) is 5.75 Å². The first-order valence-electron chi connectivity index (χ1n) is 6.48. The highest BCUT2D eigenvalue weighted by molar-refractivity contribution is 7.99. The van der Waals surface area contributed by atoms with E-state index >= 15 is 0 Å². The second-order valence-electron chi connectivity index (χ2n) is 4.40. The van der Waals surface area contributed by atoms with E-state index in [1.54, 1.807) is 41.3 Å². The molecule has 0 bridgehead atoms. The maximum Gasteiger partial charge on any atom is 0.175 e. The Morgan fingerprint density at radius 2 is 1.95 bits per heavy atom. The highest BCUT2D eigenvalue weighted by Crippen LogP contribution is 2.18. The predicted octanol–water partition coefficient (Wildman–Crippen LogP) is 3.29. The third-order valence-corrected chi connectivity index (χ3v) is 4.05. The summed E-state index contributed by atoms with van der Waals surface area (Å²) in [5.41, 5.74) is 0.637. The summed E-state index contributed by atoms with van der Waals surface area (Å²) < 4.78 is 1.63. The molecule has 5 nitrogen and oxygen atoms in total. The molecule has 3 rings (SSSR count). The number of hydrogen-bond acceptors (Lipinski definition) is 5. The Balaban J connectivity index is 1.61. The van der Waals surface area contributed by atoms with Crippen LogP contribution in [0.1, 0.15) is 10.4 Å². The van der Waals surface area contributed by atoms with E-state index in [1.165, 1.54) is 11.8 Å². The second-order valence-corrected chi connectivity index (χ2v) is 5.83. The summed E-state index contributed by atoms with van der Waals surface area (Å²) in [6.07, 6.45) is 3.47. The molecule has 7 heteroatoms. The molecule has 0 amide bonds. The Kier molecular flexibility index (Phi) is 4.50. The van der Waals surface area contributed by atoms with Gasteiger partial charge in [-0.25, -0.2) is 4.68 Å². The van der Waals surface area contributed by atoms with E-state index in [0.717, 1.165) is 0 Å². The summed E-state index contributed by atoms with van der Waals surface area (Å²) in [5.74, 6) is 0.968. The van der Waals surface area contributed by atoms with Crippen LogP contribution in [-0.4, -0.2) is 31.5 Å². The Hall–Kier alpha value is -2.18. The van der Waals surface area contributed by atoms with Gasteiger partial charge in [0, 0.05) is 23.0 Å². The Bertz CT molecular complexity index is 757. The molecule has 1 aromatic carbocycles. The molecule has 0 aliphatic carbocycles. The minimum absolute atomic E-state index is 0.0274. The molecule has 22 heavy (non-hydrogen) atoms. The monoisotopic (exact) mass is 330 g/mol. The molecule has 2 aromatic heterocycles. The molecule has 0 atom stereocenters. The number of thioether (sulfide) groups is 1. The number of halogens is 1. The van der Waals surface area contributed by atoms with Crippen molar-refractivity contribution < 1.29 is 4.79 Å². The number of carbonyl (C=O) groups excluding carboxylic acids is 1. The Morgan fingerprint density at radius 1 is 1.14 bits per heavy atom. The van der Waals surface area contributed by atoms with E-state index in [0.29, 0.717) is 27.2 Å². The van der Waals surface area contributed by atoms with Gasteiger partial charge in [0.25, 0.3) is 0 Å². The van der Waals surface area contributed by atoms with Crippen LogP contribution >= 0.6 is 23.4 Å². The fourth-order valence-corrected chi connectivity index (χ4v) is 2.61. The van der Waals surface area contributed by atoms with Gasteiger partial charge in [-0.05, 0) is 42.5 Å². The minimum Gasteiger partial charge on any atom is -0.293 e. The van der Waals surface area contributed by atoms with E-state index in [9.17, 15) is 4.79 Å². The second kappa shape index (κ2) is 6.72. The summed E-state index contributed by atoms with van der Waals surface area (Å²) in [6, 6.07) is 12.3. The summed E-state index contributed by atoms with van der Waals surface area (Å²) in [5, 5.41) is 13.6. The van der Waals surface area contributed by atoms with Crippen LogP contribution in [0.25, 0.3) is 5.82 Å². The zero-order valence-electron chi connectivity index (χ0n) is 11.4. The van der Waals surface area contributed by atoms with Crippen LogP contribution < -0.4 is 0 Å². The van der Waals surface area contributed by atoms with Gasteiger partial charge < -0.3 is 0 Å². The van der Waals surface area contributed by atoms with Crippen LogP contribution in [0.2, 0.25) is 5.02 Å². The molecular weight excluding hydrogens is 320 g/mol. The quantitative estimate of drug-likeness (QED) is 0.530. The van der Waals surface area contributed by atoms with Gasteiger partial charge in [-0.2, -0.15) is 5.10 Å². The van der Waals surface area contributed by atoms with Crippen molar-refractivity contribution in [1.82, 2.24) is 20.0 Å². The van der Waals surface area contributed by atoms with E-state index < -0.39 is 0 Å². The minimum atomic E-state index is 0.0274. The van der Waals surface area contributed by atoms with Gasteiger partial charge in [-0.3, -0.25) is 4.79 Å². The van der Waals surface area contributed by atoms with E-state index in [2.05, 4.69) is 15.3 Å². The number of ketones is 1. The van der Waals surface area contributed by atoms with Crippen LogP contribution in [0, 0.1) is 0 Å². The first kappa shape index (κ1) is 14.7. The van der Waals surface area contributed by atoms with Gasteiger partial charge in [0.1, 0.15) is 5.03 Å². The zero-order valence-corrected chi connectivity index (χ0v) is 13.0. The number of nitrogens with zero attached hydrogens (tertiary/aromatic N) is 4. The number of hydrogen-bond donors (Lipinski definition) is 0. The van der Waals surface area contributed by atoms with Gasteiger partial charge >= 0.3 is 0 Å². The SMILES string of the molecule is O=C(CSc1ccc(-n2cccn2)nn1)c1ccc(Cl)cc1. The molecule has 3 aromatic rings. The zero-order chi connectivity index (χ0) is 15.4. The van der Waals surface area contributed by atoms with E-state index in [-0.39, 0.29) is 5.78 Å². The largest absolute Gasteiger partial charge is 0.293 e. The van der Waals surface area contributed by atoms with Crippen molar-refractivity contribution in [2.75, 3.05) is 5.75 Å². The summed E-state index contributed by atoms with van der Waals surface area (Å²) in [7, 11) is 0. The number of carbonyl (C=O) groups is 1. The number of aromatic nitrogens is 4. The lowest BCUT2D eigenvalue weighted by Crippen LogP contribution is -2.03. The van der Waals surface area contributed by atoms with Crippen LogP contribution in [-0.2, 0) is 0 Å². The van der Waals surface area contributed by atoms with Crippen molar-refractivity contribution in [3.05, 3.63) is 65.4 Å². The maximum absolute atomic E-state index is 12.1. The standard InChI is InChI=1S/C15H11ClN4OS/c16-12-4-2-11(3-5-12)13(21)10-22-15-7-6-14(18-19-15)20-9-1-8-17-20/h1-9H,10H2. The van der Waals surface area contributed by atoms with Crippen molar-refractivity contribution in [3.8, 4) is 5.82 Å². The molecule has 0 saturated carbocycles. The molecular formula is C15H11ClN4OS. The molecule has 0 aliphatic heterocycles. The summed E-state index contributed by atoms with van der Waals surface area (Å²) in [6.45, 7) is 0. The average Bonchev–Trinajstić information content (AvgIpc) is 3.08. The Morgan fingerprint density at radius 3 is 2.59 bits per heavy atom. The highest BCUT2D eigenvalue weighted by atomic mass is 35.5.